The molecule has 0 radical (unpaired) electrons. The first kappa shape index (κ1) is 18.2. The van der Waals surface area contributed by atoms with Crippen molar-refractivity contribution in [3.63, 3.8) is 0 Å². The van der Waals surface area contributed by atoms with Gasteiger partial charge in [-0.1, -0.05) is 18.2 Å². The highest BCUT2D eigenvalue weighted by molar-refractivity contribution is 5.94. The number of benzene rings is 1. The maximum Gasteiger partial charge on any atom is 0.260 e. The van der Waals surface area contributed by atoms with Crippen LogP contribution >= 0.6 is 0 Å². The van der Waals surface area contributed by atoms with Gasteiger partial charge in [0.1, 0.15) is 23.5 Å². The van der Waals surface area contributed by atoms with E-state index < -0.39 is 11.2 Å². The lowest BCUT2D eigenvalue weighted by molar-refractivity contribution is -0.0533. The van der Waals surface area contributed by atoms with Crippen molar-refractivity contribution in [3.05, 3.63) is 63.6 Å². The molecule has 1 aromatic carbocycles. The Bertz CT molecular complexity index is 861. The van der Waals surface area contributed by atoms with E-state index in [4.69, 9.17) is 4.74 Å². The van der Waals surface area contributed by atoms with E-state index in [9.17, 15) is 14.7 Å². The molecule has 1 saturated heterocycles. The van der Waals surface area contributed by atoms with Gasteiger partial charge in [-0.2, -0.15) is 0 Å². The van der Waals surface area contributed by atoms with E-state index in [1.165, 1.54) is 11.0 Å². The van der Waals surface area contributed by atoms with Crippen molar-refractivity contribution in [3.8, 4) is 5.75 Å². The Labute approximate surface area is 152 Å². The molecule has 1 aromatic heterocycles. The second kappa shape index (κ2) is 7.33. The second-order valence-corrected chi connectivity index (χ2v) is 6.99. The summed E-state index contributed by atoms with van der Waals surface area (Å²) in [5, 5.41) is 10.9. The van der Waals surface area contributed by atoms with Crippen LogP contribution < -0.4 is 10.3 Å². The van der Waals surface area contributed by atoms with Crippen LogP contribution in [0.1, 0.15) is 34.5 Å². The van der Waals surface area contributed by atoms with Gasteiger partial charge in [0.15, 0.2) is 0 Å². The lowest BCUT2D eigenvalue weighted by atomic mass is 9.93. The number of carbonyl (C=O) groups is 1. The molecule has 26 heavy (non-hydrogen) atoms. The first-order valence-electron chi connectivity index (χ1n) is 8.78. The van der Waals surface area contributed by atoms with Gasteiger partial charge in [0.05, 0.1) is 6.54 Å². The molecule has 0 bridgehead atoms. The molecule has 1 amide bonds. The largest absolute Gasteiger partial charge is 0.490 e. The van der Waals surface area contributed by atoms with Crippen molar-refractivity contribution in [2.45, 2.75) is 32.3 Å². The van der Waals surface area contributed by atoms with E-state index in [0.717, 1.165) is 11.3 Å². The molecule has 1 atom stereocenters. The van der Waals surface area contributed by atoms with E-state index >= 15 is 0 Å². The number of ether oxygens (including phenoxy) is 1. The Kier molecular flexibility index (Phi) is 5.13. The molecule has 3 rings (SSSR count). The van der Waals surface area contributed by atoms with Gasteiger partial charge in [0, 0.05) is 12.2 Å². The number of aliphatic hydroxyl groups is 1. The first-order valence-corrected chi connectivity index (χ1v) is 8.78. The van der Waals surface area contributed by atoms with E-state index in [0.29, 0.717) is 25.1 Å². The average molecular weight is 356 g/mol. The zero-order valence-electron chi connectivity index (χ0n) is 15.1. The molecule has 1 fully saturated rings. The second-order valence-electron chi connectivity index (χ2n) is 6.99. The molecule has 0 aliphatic carbocycles. The molecule has 138 valence electrons. The molecule has 0 saturated carbocycles. The zero-order chi connectivity index (χ0) is 18.7. The number of aryl methyl sites for hydroxylation is 2. The quantitative estimate of drug-likeness (QED) is 0.878. The molecular weight excluding hydrogens is 332 g/mol. The minimum Gasteiger partial charge on any atom is -0.490 e. The molecular formula is C20H24N2O4. The molecule has 2 heterocycles. The highest BCUT2D eigenvalue weighted by Gasteiger charge is 2.37. The van der Waals surface area contributed by atoms with Crippen LogP contribution in [0.2, 0.25) is 0 Å². The highest BCUT2D eigenvalue weighted by Crippen LogP contribution is 2.25. The number of nitrogens with zero attached hydrogens (tertiary/aromatic N) is 1. The van der Waals surface area contributed by atoms with Crippen molar-refractivity contribution in [2.75, 3.05) is 19.7 Å². The fourth-order valence-electron chi connectivity index (χ4n) is 3.24. The maximum atomic E-state index is 12.7. The predicted octanol–water partition coefficient (Wildman–Crippen LogP) is 2.04. The van der Waals surface area contributed by atoms with E-state index in [1.807, 2.05) is 31.2 Å². The summed E-state index contributed by atoms with van der Waals surface area (Å²) in [6, 6.07) is 10.8. The fourth-order valence-corrected chi connectivity index (χ4v) is 3.24. The van der Waals surface area contributed by atoms with Gasteiger partial charge in [-0.25, -0.2) is 0 Å². The van der Waals surface area contributed by atoms with Crippen LogP contribution in [0.25, 0.3) is 0 Å². The topological polar surface area (TPSA) is 82.6 Å². The van der Waals surface area contributed by atoms with Gasteiger partial charge in [-0.15, -0.1) is 0 Å². The lowest BCUT2D eigenvalue weighted by Gasteiger charge is -2.39. The third-order valence-corrected chi connectivity index (χ3v) is 4.72. The lowest BCUT2D eigenvalue weighted by Crippen LogP contribution is -2.53. The van der Waals surface area contributed by atoms with Crippen LogP contribution in [0.3, 0.4) is 0 Å². The van der Waals surface area contributed by atoms with Gasteiger partial charge < -0.3 is 19.7 Å². The van der Waals surface area contributed by atoms with Crippen molar-refractivity contribution in [1.82, 2.24) is 9.88 Å². The smallest absolute Gasteiger partial charge is 0.260 e. The number of carbonyl (C=O) groups excluding carboxylic acids is 1. The standard InChI is InChI=1S/C20H24N2O4/c1-14-6-3-4-7-17(14)26-13-20(25)10-5-11-22(12-20)19(24)16-9-8-15(2)21-18(16)23/h3-4,6-9,25H,5,10-13H2,1-2H3,(H,21,23)/t20-/m1/s1. The molecule has 1 aliphatic heterocycles. The summed E-state index contributed by atoms with van der Waals surface area (Å²) in [5.74, 6) is 0.361. The molecule has 6 nitrogen and oxygen atoms in total. The maximum absolute atomic E-state index is 12.7. The molecule has 2 aromatic rings. The summed E-state index contributed by atoms with van der Waals surface area (Å²) in [6.07, 6.45) is 1.20. The number of pyridine rings is 1. The summed E-state index contributed by atoms with van der Waals surface area (Å²) in [4.78, 5) is 28.9. The Morgan fingerprint density at radius 2 is 2.04 bits per heavy atom. The summed E-state index contributed by atoms with van der Waals surface area (Å²) < 4.78 is 5.80. The number of hydrogen-bond donors (Lipinski definition) is 2. The first-order chi connectivity index (χ1) is 12.4. The molecule has 6 heteroatoms. The summed E-state index contributed by atoms with van der Waals surface area (Å²) in [5.41, 5.74) is 0.257. The third kappa shape index (κ3) is 3.96. The summed E-state index contributed by atoms with van der Waals surface area (Å²) in [7, 11) is 0. The summed E-state index contributed by atoms with van der Waals surface area (Å²) >= 11 is 0. The minimum atomic E-state index is -1.13. The number of aromatic amines is 1. The van der Waals surface area contributed by atoms with E-state index in [2.05, 4.69) is 4.98 Å². The van der Waals surface area contributed by atoms with Crippen LogP contribution in [0.15, 0.2) is 41.2 Å². The number of rotatable bonds is 4. The van der Waals surface area contributed by atoms with Crippen LogP contribution in [-0.4, -0.2) is 46.2 Å². The number of para-hydroxylation sites is 1. The van der Waals surface area contributed by atoms with E-state index in [1.54, 1.807) is 13.0 Å². The number of likely N-dealkylation sites (tertiary alicyclic amines) is 1. The Morgan fingerprint density at radius 1 is 1.27 bits per heavy atom. The molecule has 0 spiro atoms. The van der Waals surface area contributed by atoms with Gasteiger partial charge in [-0.05, 0) is 50.5 Å². The van der Waals surface area contributed by atoms with Gasteiger partial charge in [-0.3, -0.25) is 9.59 Å². The van der Waals surface area contributed by atoms with Crippen molar-refractivity contribution in [2.24, 2.45) is 0 Å². The van der Waals surface area contributed by atoms with Crippen LogP contribution in [0.4, 0.5) is 0 Å². The molecule has 1 aliphatic rings. The zero-order valence-corrected chi connectivity index (χ0v) is 15.1. The SMILES string of the molecule is Cc1ccc(C(=O)N2CCC[C@](O)(COc3ccccc3C)C2)c(=O)[nH]1. The number of β-amino-alcohol motifs (C(OH)–C–C–N with tert-alkyl or cyclic N) is 1. The van der Waals surface area contributed by atoms with Gasteiger partial charge >= 0.3 is 0 Å². The highest BCUT2D eigenvalue weighted by atomic mass is 16.5. The Hall–Kier alpha value is -2.60. The number of amides is 1. The number of hydrogen-bond acceptors (Lipinski definition) is 4. The monoisotopic (exact) mass is 356 g/mol. The Balaban J connectivity index is 1.70. The fraction of sp³-hybridized carbons (Fsp3) is 0.400. The van der Waals surface area contributed by atoms with Crippen LogP contribution in [0, 0.1) is 13.8 Å². The molecule has 2 N–H and O–H groups in total. The normalized spacial score (nSPS) is 20.0. The average Bonchev–Trinajstić information content (AvgIpc) is 2.61. The number of aromatic nitrogens is 1. The van der Waals surface area contributed by atoms with Crippen molar-refractivity contribution >= 4 is 5.91 Å². The van der Waals surface area contributed by atoms with Crippen LogP contribution in [0.5, 0.6) is 5.75 Å². The minimum absolute atomic E-state index is 0.0969. The number of piperidine rings is 1. The summed E-state index contributed by atoms with van der Waals surface area (Å²) in [6.45, 7) is 4.47. The predicted molar refractivity (Wildman–Crippen MR) is 98.6 cm³/mol. The van der Waals surface area contributed by atoms with Gasteiger partial charge in [0.2, 0.25) is 0 Å². The van der Waals surface area contributed by atoms with Gasteiger partial charge in [0.25, 0.3) is 11.5 Å². The number of H-pyrrole nitrogens is 1. The van der Waals surface area contributed by atoms with Crippen molar-refractivity contribution in [1.29, 1.82) is 0 Å². The number of nitrogens with one attached hydrogen (secondary N) is 1. The van der Waals surface area contributed by atoms with Crippen molar-refractivity contribution < 1.29 is 14.6 Å². The van der Waals surface area contributed by atoms with Crippen LogP contribution in [-0.2, 0) is 0 Å². The molecule has 0 unspecified atom stereocenters. The van der Waals surface area contributed by atoms with E-state index in [-0.39, 0.29) is 24.6 Å². The Morgan fingerprint density at radius 3 is 2.77 bits per heavy atom. The third-order valence-electron chi connectivity index (χ3n) is 4.72.